The van der Waals surface area contributed by atoms with Gasteiger partial charge in [0, 0.05) is 16.8 Å². The topological polar surface area (TPSA) is 66.5 Å². The Morgan fingerprint density at radius 2 is 1.50 bits per heavy atom. The molecule has 4 rings (SSSR count). The summed E-state index contributed by atoms with van der Waals surface area (Å²) in [5, 5.41) is 2.51. The second-order valence-corrected chi connectivity index (χ2v) is 5.54. The molecule has 1 aliphatic heterocycles. The van der Waals surface area contributed by atoms with Crippen molar-refractivity contribution in [2.45, 2.75) is 0 Å². The summed E-state index contributed by atoms with van der Waals surface area (Å²) in [6.45, 7) is -0.119. The minimum Gasteiger partial charge on any atom is -0.327 e. The molecule has 24 heavy (non-hydrogen) atoms. The first-order chi connectivity index (χ1) is 11.6. The zero-order valence-electron chi connectivity index (χ0n) is 12.4. The molecule has 1 heterocycles. The molecule has 5 nitrogen and oxygen atoms in total. The fourth-order valence-electron chi connectivity index (χ4n) is 2.98. The van der Waals surface area contributed by atoms with Gasteiger partial charge in [-0.2, -0.15) is 0 Å². The fourth-order valence-corrected chi connectivity index (χ4v) is 2.98. The zero-order valence-corrected chi connectivity index (χ0v) is 12.4. The fraction of sp³-hybridized carbons (Fsp3) is 0.0556. The Morgan fingerprint density at radius 1 is 0.875 bits per heavy atom. The van der Waals surface area contributed by atoms with Crippen molar-refractivity contribution in [1.82, 2.24) is 5.32 Å². The number of anilines is 1. The molecule has 0 unspecified atom stereocenters. The van der Waals surface area contributed by atoms with E-state index < -0.39 is 17.5 Å². The van der Waals surface area contributed by atoms with E-state index in [2.05, 4.69) is 5.32 Å². The van der Waals surface area contributed by atoms with Gasteiger partial charge >= 0.3 is 0 Å². The van der Waals surface area contributed by atoms with Gasteiger partial charge in [0.05, 0.1) is 0 Å². The second-order valence-electron chi connectivity index (χ2n) is 5.54. The molecule has 2 aromatic carbocycles. The van der Waals surface area contributed by atoms with Crippen LogP contribution in [-0.4, -0.2) is 24.0 Å². The van der Waals surface area contributed by atoms with E-state index in [0.717, 1.165) is 0 Å². The molecule has 1 amide bonds. The molecule has 2 aliphatic rings. The lowest BCUT2D eigenvalue weighted by molar-refractivity contribution is -0.119. The standard InChI is InChI=1S/C18H11FN2O3/c19-10-5-7-11(8-6-10)21-9-14(22)20-15-16(21)18(24)13-4-2-1-3-12(13)17(15)23/h1-8H,9H2,(H,20,22). The molecule has 6 heteroatoms. The Morgan fingerprint density at radius 3 is 2.17 bits per heavy atom. The number of nitrogens with zero attached hydrogens (tertiary/aromatic N) is 1. The molecule has 1 N–H and O–H groups in total. The predicted octanol–water partition coefficient (Wildman–Crippen LogP) is 2.05. The van der Waals surface area contributed by atoms with Gasteiger partial charge in [0.1, 0.15) is 23.8 Å². The van der Waals surface area contributed by atoms with Gasteiger partial charge in [-0.3, -0.25) is 14.4 Å². The van der Waals surface area contributed by atoms with Crippen molar-refractivity contribution in [1.29, 1.82) is 0 Å². The third-order valence-electron chi connectivity index (χ3n) is 4.07. The summed E-state index contributed by atoms with van der Waals surface area (Å²) in [5.74, 6) is -1.57. The molecule has 0 spiro atoms. The Hall–Kier alpha value is -3.28. The number of ketones is 2. The van der Waals surface area contributed by atoms with E-state index in [9.17, 15) is 18.8 Å². The van der Waals surface area contributed by atoms with Crippen LogP contribution in [0.2, 0.25) is 0 Å². The van der Waals surface area contributed by atoms with E-state index in [4.69, 9.17) is 0 Å². The van der Waals surface area contributed by atoms with E-state index in [1.54, 1.807) is 24.3 Å². The summed E-state index contributed by atoms with van der Waals surface area (Å²) in [6.07, 6.45) is 0. The van der Waals surface area contributed by atoms with Gasteiger partial charge in [-0.15, -0.1) is 0 Å². The van der Waals surface area contributed by atoms with Crippen LogP contribution in [0.5, 0.6) is 0 Å². The molecule has 1 aliphatic carbocycles. The molecule has 0 atom stereocenters. The SMILES string of the molecule is O=C1CN(c2ccc(F)cc2)C2=C(N1)C(=O)c1ccccc1C2=O. The van der Waals surface area contributed by atoms with Gasteiger partial charge in [0.2, 0.25) is 17.5 Å². The average molecular weight is 322 g/mol. The second kappa shape index (κ2) is 5.13. The van der Waals surface area contributed by atoms with Crippen LogP contribution >= 0.6 is 0 Å². The number of fused-ring (bicyclic) bond motifs is 1. The van der Waals surface area contributed by atoms with Gasteiger partial charge in [-0.05, 0) is 24.3 Å². The van der Waals surface area contributed by atoms with Crippen molar-refractivity contribution in [2.24, 2.45) is 0 Å². The Labute approximate surface area is 136 Å². The molecule has 0 saturated heterocycles. The summed E-state index contributed by atoms with van der Waals surface area (Å²) in [5.41, 5.74) is 1.12. The van der Waals surface area contributed by atoms with Crippen molar-refractivity contribution in [3.63, 3.8) is 0 Å². The highest BCUT2D eigenvalue weighted by Crippen LogP contribution is 2.32. The number of hydrogen-bond donors (Lipinski definition) is 1. The Bertz CT molecular complexity index is 932. The van der Waals surface area contributed by atoms with E-state index in [1.165, 1.54) is 29.2 Å². The number of amides is 1. The van der Waals surface area contributed by atoms with Crippen molar-refractivity contribution in [3.8, 4) is 0 Å². The summed E-state index contributed by atoms with van der Waals surface area (Å²) in [6, 6.07) is 11.9. The molecule has 0 saturated carbocycles. The number of hydrogen-bond acceptors (Lipinski definition) is 4. The van der Waals surface area contributed by atoms with E-state index >= 15 is 0 Å². The molecular formula is C18H11FN2O3. The number of carbonyl (C=O) groups excluding carboxylic acids is 3. The number of Topliss-reactive ketones (excluding diaryl/α,β-unsaturated/α-hetero) is 2. The lowest BCUT2D eigenvalue weighted by atomic mass is 9.88. The Balaban J connectivity index is 1.90. The summed E-state index contributed by atoms with van der Waals surface area (Å²) >= 11 is 0. The van der Waals surface area contributed by atoms with Gasteiger partial charge in [0.15, 0.2) is 0 Å². The molecule has 0 aromatic heterocycles. The number of carbonyl (C=O) groups is 3. The molecular weight excluding hydrogens is 311 g/mol. The molecule has 118 valence electrons. The van der Waals surface area contributed by atoms with Crippen LogP contribution in [0, 0.1) is 5.82 Å². The normalized spacial score (nSPS) is 16.7. The number of allylic oxidation sites excluding steroid dienone is 2. The van der Waals surface area contributed by atoms with Crippen molar-refractivity contribution >= 4 is 23.2 Å². The zero-order chi connectivity index (χ0) is 16.8. The molecule has 0 bridgehead atoms. The van der Waals surface area contributed by atoms with Gasteiger partial charge in [-0.1, -0.05) is 24.3 Å². The maximum Gasteiger partial charge on any atom is 0.244 e. The van der Waals surface area contributed by atoms with Crippen LogP contribution in [-0.2, 0) is 4.79 Å². The third-order valence-corrected chi connectivity index (χ3v) is 4.07. The maximum absolute atomic E-state index is 13.2. The number of rotatable bonds is 1. The van der Waals surface area contributed by atoms with E-state index in [1.807, 2.05) is 0 Å². The lowest BCUT2D eigenvalue weighted by Crippen LogP contribution is -2.49. The highest BCUT2D eigenvalue weighted by Gasteiger charge is 2.39. The summed E-state index contributed by atoms with van der Waals surface area (Å²) in [7, 11) is 0. The summed E-state index contributed by atoms with van der Waals surface area (Å²) in [4.78, 5) is 39.0. The van der Waals surface area contributed by atoms with Crippen LogP contribution in [0.4, 0.5) is 10.1 Å². The largest absolute Gasteiger partial charge is 0.327 e. The van der Waals surface area contributed by atoms with Crippen LogP contribution < -0.4 is 10.2 Å². The molecule has 0 fully saturated rings. The monoisotopic (exact) mass is 322 g/mol. The Kier molecular flexibility index (Phi) is 3.06. The summed E-state index contributed by atoms with van der Waals surface area (Å²) < 4.78 is 13.2. The quantitative estimate of drug-likeness (QED) is 0.873. The van der Waals surface area contributed by atoms with Crippen LogP contribution in [0.1, 0.15) is 20.7 Å². The van der Waals surface area contributed by atoms with Gasteiger partial charge in [0.25, 0.3) is 0 Å². The first kappa shape index (κ1) is 14.3. The first-order valence-corrected chi connectivity index (χ1v) is 7.32. The van der Waals surface area contributed by atoms with Crippen LogP contribution in [0.15, 0.2) is 59.9 Å². The average Bonchev–Trinajstić information content (AvgIpc) is 2.59. The van der Waals surface area contributed by atoms with E-state index in [0.29, 0.717) is 11.3 Å². The van der Waals surface area contributed by atoms with Crippen molar-refractivity contribution in [3.05, 3.63) is 76.9 Å². The minimum atomic E-state index is -0.425. The third kappa shape index (κ3) is 2.04. The van der Waals surface area contributed by atoms with Gasteiger partial charge < -0.3 is 10.2 Å². The highest BCUT2D eigenvalue weighted by molar-refractivity contribution is 6.29. The minimum absolute atomic E-state index is 0.0284. The number of halogens is 1. The number of nitrogens with one attached hydrogen (secondary N) is 1. The van der Waals surface area contributed by atoms with Crippen LogP contribution in [0.25, 0.3) is 0 Å². The van der Waals surface area contributed by atoms with Crippen molar-refractivity contribution < 1.29 is 18.8 Å². The van der Waals surface area contributed by atoms with E-state index in [-0.39, 0.29) is 29.3 Å². The maximum atomic E-state index is 13.2. The molecule has 2 aromatic rings. The van der Waals surface area contributed by atoms with Crippen molar-refractivity contribution in [2.75, 3.05) is 11.4 Å². The van der Waals surface area contributed by atoms with Crippen LogP contribution in [0.3, 0.4) is 0 Å². The lowest BCUT2D eigenvalue weighted by Gasteiger charge is -2.34. The predicted molar refractivity (Wildman–Crippen MR) is 84.0 cm³/mol. The number of benzene rings is 2. The smallest absolute Gasteiger partial charge is 0.244 e. The van der Waals surface area contributed by atoms with Gasteiger partial charge in [-0.25, -0.2) is 4.39 Å². The first-order valence-electron chi connectivity index (χ1n) is 7.32. The molecule has 0 radical (unpaired) electrons. The highest BCUT2D eigenvalue weighted by atomic mass is 19.1.